The molecule has 1 aromatic rings. The van der Waals surface area contributed by atoms with E-state index in [0.29, 0.717) is 22.9 Å². The molecule has 0 amide bonds. The lowest BCUT2D eigenvalue weighted by atomic mass is 9.98. The third-order valence-electron chi connectivity index (χ3n) is 2.60. The molecular formula is C11H11ClO3. The largest absolute Gasteiger partial charge is 0.492 e. The zero-order chi connectivity index (χ0) is 11.0. The zero-order valence-corrected chi connectivity index (χ0v) is 9.10. The first kappa shape index (κ1) is 10.3. The molecule has 0 fully saturated rings. The van der Waals surface area contributed by atoms with E-state index in [0.717, 1.165) is 18.4 Å². The van der Waals surface area contributed by atoms with Crippen LogP contribution in [0.4, 0.5) is 0 Å². The maximum absolute atomic E-state index is 11.1. The van der Waals surface area contributed by atoms with Crippen molar-refractivity contribution in [1.82, 2.24) is 0 Å². The molecule has 0 atom stereocenters. The lowest BCUT2D eigenvalue weighted by molar-refractivity contribution is 0.0690. The van der Waals surface area contributed by atoms with Gasteiger partial charge in [0.2, 0.25) is 0 Å². The molecule has 0 bridgehead atoms. The summed E-state index contributed by atoms with van der Waals surface area (Å²) in [7, 11) is 0. The molecule has 0 aromatic heterocycles. The molecule has 0 saturated carbocycles. The SMILES string of the molecule is Cc1c(Cl)cc2c(c1C(=O)O)OCCC2. The Hall–Kier alpha value is -1.22. The Kier molecular flexibility index (Phi) is 2.57. The first-order chi connectivity index (χ1) is 7.11. The number of benzene rings is 1. The van der Waals surface area contributed by atoms with E-state index >= 15 is 0 Å². The van der Waals surface area contributed by atoms with Crippen molar-refractivity contribution in [3.05, 3.63) is 27.8 Å². The van der Waals surface area contributed by atoms with Crippen molar-refractivity contribution in [3.63, 3.8) is 0 Å². The van der Waals surface area contributed by atoms with Crippen LogP contribution in [0.3, 0.4) is 0 Å². The van der Waals surface area contributed by atoms with Gasteiger partial charge in [-0.3, -0.25) is 0 Å². The van der Waals surface area contributed by atoms with E-state index in [2.05, 4.69) is 0 Å². The average Bonchev–Trinajstić information content (AvgIpc) is 2.19. The molecule has 0 radical (unpaired) electrons. The maximum atomic E-state index is 11.1. The van der Waals surface area contributed by atoms with Crippen molar-refractivity contribution >= 4 is 17.6 Å². The van der Waals surface area contributed by atoms with Gasteiger partial charge in [-0.1, -0.05) is 11.6 Å². The van der Waals surface area contributed by atoms with Crippen LogP contribution in [0.1, 0.15) is 27.9 Å². The summed E-state index contributed by atoms with van der Waals surface area (Å²) in [6.07, 6.45) is 1.74. The van der Waals surface area contributed by atoms with Crippen LogP contribution in [0.25, 0.3) is 0 Å². The number of aromatic carboxylic acids is 1. The number of aryl methyl sites for hydroxylation is 1. The van der Waals surface area contributed by atoms with Crippen molar-refractivity contribution in [3.8, 4) is 5.75 Å². The molecule has 80 valence electrons. The lowest BCUT2D eigenvalue weighted by Gasteiger charge is -2.20. The van der Waals surface area contributed by atoms with Crippen LogP contribution >= 0.6 is 11.6 Å². The second-order valence-electron chi connectivity index (χ2n) is 3.60. The van der Waals surface area contributed by atoms with E-state index in [1.165, 1.54) is 0 Å². The number of hydrogen-bond acceptors (Lipinski definition) is 2. The zero-order valence-electron chi connectivity index (χ0n) is 8.34. The number of carboxylic acids is 1. The number of fused-ring (bicyclic) bond motifs is 1. The number of hydrogen-bond donors (Lipinski definition) is 1. The molecule has 15 heavy (non-hydrogen) atoms. The predicted molar refractivity (Wildman–Crippen MR) is 57.0 cm³/mol. The van der Waals surface area contributed by atoms with Crippen molar-refractivity contribution in [1.29, 1.82) is 0 Å². The van der Waals surface area contributed by atoms with Gasteiger partial charge in [0, 0.05) is 5.02 Å². The van der Waals surface area contributed by atoms with E-state index in [1.807, 2.05) is 0 Å². The summed E-state index contributed by atoms with van der Waals surface area (Å²) >= 11 is 5.98. The van der Waals surface area contributed by atoms with Gasteiger partial charge < -0.3 is 9.84 Å². The molecule has 2 rings (SSSR count). The minimum absolute atomic E-state index is 0.206. The van der Waals surface area contributed by atoms with E-state index in [-0.39, 0.29) is 5.56 Å². The molecule has 1 aliphatic heterocycles. The number of rotatable bonds is 1. The fraction of sp³-hybridized carbons (Fsp3) is 0.364. The Labute approximate surface area is 92.6 Å². The van der Waals surface area contributed by atoms with E-state index in [1.54, 1.807) is 13.0 Å². The number of carboxylic acid groups (broad SMARTS) is 1. The van der Waals surface area contributed by atoms with Crippen LogP contribution in [-0.4, -0.2) is 17.7 Å². The summed E-state index contributed by atoms with van der Waals surface area (Å²) in [5.74, 6) is -0.483. The van der Waals surface area contributed by atoms with Crippen LogP contribution in [0, 0.1) is 6.92 Å². The molecule has 1 heterocycles. The molecule has 0 spiro atoms. The second kappa shape index (κ2) is 3.74. The molecule has 0 aliphatic carbocycles. The number of halogens is 1. The van der Waals surface area contributed by atoms with Crippen LogP contribution in [0.5, 0.6) is 5.75 Å². The Balaban J connectivity index is 2.68. The molecule has 1 N–H and O–H groups in total. The van der Waals surface area contributed by atoms with Gasteiger partial charge in [-0.2, -0.15) is 0 Å². The summed E-state index contributed by atoms with van der Waals surface area (Å²) in [6, 6.07) is 1.80. The third-order valence-corrected chi connectivity index (χ3v) is 3.00. The smallest absolute Gasteiger partial charge is 0.339 e. The molecule has 1 aliphatic rings. The molecule has 4 heteroatoms. The van der Waals surface area contributed by atoms with E-state index < -0.39 is 5.97 Å². The standard InChI is InChI=1S/C11H11ClO3/c1-6-8(12)5-7-3-2-4-15-10(7)9(6)11(13)14/h5H,2-4H2,1H3,(H,13,14). The summed E-state index contributed by atoms with van der Waals surface area (Å²) < 4.78 is 5.41. The van der Waals surface area contributed by atoms with Crippen molar-refractivity contribution in [2.24, 2.45) is 0 Å². The van der Waals surface area contributed by atoms with Gasteiger partial charge in [-0.05, 0) is 37.0 Å². The maximum Gasteiger partial charge on any atom is 0.339 e. The molecule has 3 nitrogen and oxygen atoms in total. The van der Waals surface area contributed by atoms with Crippen LogP contribution in [-0.2, 0) is 6.42 Å². The van der Waals surface area contributed by atoms with Gasteiger partial charge in [-0.25, -0.2) is 4.79 Å². The molecule has 0 saturated heterocycles. The van der Waals surface area contributed by atoms with Gasteiger partial charge in [0.05, 0.1) is 6.61 Å². The highest BCUT2D eigenvalue weighted by molar-refractivity contribution is 6.32. The van der Waals surface area contributed by atoms with Gasteiger partial charge >= 0.3 is 5.97 Å². The highest BCUT2D eigenvalue weighted by atomic mass is 35.5. The Morgan fingerprint density at radius 1 is 1.60 bits per heavy atom. The first-order valence-corrected chi connectivity index (χ1v) is 5.17. The van der Waals surface area contributed by atoms with E-state index in [9.17, 15) is 4.79 Å². The van der Waals surface area contributed by atoms with Crippen LogP contribution < -0.4 is 4.74 Å². The van der Waals surface area contributed by atoms with Gasteiger partial charge in [0.15, 0.2) is 0 Å². The second-order valence-corrected chi connectivity index (χ2v) is 4.01. The van der Waals surface area contributed by atoms with Gasteiger partial charge in [-0.15, -0.1) is 0 Å². The Morgan fingerprint density at radius 2 is 2.33 bits per heavy atom. The predicted octanol–water partition coefficient (Wildman–Crippen LogP) is 2.67. The molecular weight excluding hydrogens is 216 g/mol. The summed E-state index contributed by atoms with van der Waals surface area (Å²) in [5.41, 5.74) is 1.68. The van der Waals surface area contributed by atoms with Crippen molar-refractivity contribution < 1.29 is 14.6 Å². The van der Waals surface area contributed by atoms with Crippen LogP contribution in [0.15, 0.2) is 6.07 Å². The quantitative estimate of drug-likeness (QED) is 0.801. The topological polar surface area (TPSA) is 46.5 Å². The monoisotopic (exact) mass is 226 g/mol. The highest BCUT2D eigenvalue weighted by Gasteiger charge is 2.23. The fourth-order valence-electron chi connectivity index (χ4n) is 1.82. The fourth-order valence-corrected chi connectivity index (χ4v) is 2.05. The van der Waals surface area contributed by atoms with Gasteiger partial charge in [0.1, 0.15) is 11.3 Å². The lowest BCUT2D eigenvalue weighted by Crippen LogP contribution is -2.14. The van der Waals surface area contributed by atoms with Gasteiger partial charge in [0.25, 0.3) is 0 Å². The first-order valence-electron chi connectivity index (χ1n) is 4.79. The number of carbonyl (C=O) groups is 1. The van der Waals surface area contributed by atoms with Crippen molar-refractivity contribution in [2.45, 2.75) is 19.8 Å². The van der Waals surface area contributed by atoms with Crippen molar-refractivity contribution in [2.75, 3.05) is 6.61 Å². The summed E-state index contributed by atoms with van der Waals surface area (Å²) in [4.78, 5) is 11.1. The minimum Gasteiger partial charge on any atom is -0.492 e. The Morgan fingerprint density at radius 3 is 3.00 bits per heavy atom. The minimum atomic E-state index is -0.979. The molecule has 1 aromatic carbocycles. The average molecular weight is 227 g/mol. The normalized spacial score (nSPS) is 14.3. The van der Waals surface area contributed by atoms with Crippen LogP contribution in [0.2, 0.25) is 5.02 Å². The Bertz CT molecular complexity index is 426. The number of ether oxygens (including phenoxy) is 1. The summed E-state index contributed by atoms with van der Waals surface area (Å²) in [5, 5.41) is 9.60. The van der Waals surface area contributed by atoms with E-state index in [4.69, 9.17) is 21.4 Å². The third kappa shape index (κ3) is 1.67. The molecule has 0 unspecified atom stereocenters. The summed E-state index contributed by atoms with van der Waals surface area (Å²) in [6.45, 7) is 2.28. The highest BCUT2D eigenvalue weighted by Crippen LogP contribution is 2.35.